The molecule has 0 aliphatic rings. The number of anilines is 1. The molecule has 0 amide bonds. The molecule has 1 heterocycles. The van der Waals surface area contributed by atoms with E-state index in [9.17, 15) is 13.2 Å². The Morgan fingerprint density at radius 3 is 2.78 bits per heavy atom. The van der Waals surface area contributed by atoms with Gasteiger partial charge in [0.05, 0.1) is 11.2 Å². The Bertz CT molecular complexity index is 692. The normalized spacial score (nSPS) is 11.3. The zero-order valence-corrected chi connectivity index (χ0v) is 10.0. The number of carboxylic acid groups (broad SMARTS) is 1. The monoisotopic (exact) mass is 266 g/mol. The third-order valence-electron chi connectivity index (χ3n) is 2.22. The predicted octanol–water partition coefficient (Wildman–Crippen LogP) is 1.06. The van der Waals surface area contributed by atoms with Crippen LogP contribution in [-0.2, 0) is 14.8 Å². The Labute approximate surface area is 103 Å². The van der Waals surface area contributed by atoms with E-state index in [0.29, 0.717) is 16.6 Å². The summed E-state index contributed by atoms with van der Waals surface area (Å²) < 4.78 is 25.3. The molecular weight excluding hydrogens is 256 g/mol. The molecule has 0 saturated carbocycles. The van der Waals surface area contributed by atoms with Crippen LogP contribution in [0.15, 0.2) is 36.5 Å². The van der Waals surface area contributed by atoms with E-state index in [2.05, 4.69) is 9.71 Å². The van der Waals surface area contributed by atoms with Crippen molar-refractivity contribution in [2.45, 2.75) is 0 Å². The summed E-state index contributed by atoms with van der Waals surface area (Å²) in [6.07, 6.45) is 1.60. The lowest BCUT2D eigenvalue weighted by atomic mass is 10.2. The molecule has 0 aliphatic heterocycles. The fraction of sp³-hybridized carbons (Fsp3) is 0.0909. The van der Waals surface area contributed by atoms with Crippen LogP contribution in [0.1, 0.15) is 0 Å². The molecule has 18 heavy (non-hydrogen) atoms. The molecule has 0 fully saturated rings. The first-order valence-corrected chi connectivity index (χ1v) is 6.69. The number of carboxylic acids is 1. The standard InChI is InChI=1S/C11H10N2O4S/c14-11(15)7-18(16,17)13-10-5-1-4-9-8(10)3-2-6-12-9/h1-6,13H,7H2,(H,14,15). The van der Waals surface area contributed by atoms with E-state index in [4.69, 9.17) is 5.11 Å². The van der Waals surface area contributed by atoms with E-state index in [1.807, 2.05) is 0 Å². The van der Waals surface area contributed by atoms with E-state index in [0.717, 1.165) is 0 Å². The van der Waals surface area contributed by atoms with Gasteiger partial charge in [0, 0.05) is 11.6 Å². The van der Waals surface area contributed by atoms with E-state index < -0.39 is 21.7 Å². The van der Waals surface area contributed by atoms with Gasteiger partial charge in [-0.05, 0) is 24.3 Å². The minimum Gasteiger partial charge on any atom is -0.480 e. The topological polar surface area (TPSA) is 96.4 Å². The van der Waals surface area contributed by atoms with Crippen LogP contribution in [0.4, 0.5) is 5.69 Å². The van der Waals surface area contributed by atoms with Gasteiger partial charge >= 0.3 is 5.97 Å². The summed E-state index contributed by atoms with van der Waals surface area (Å²) in [7, 11) is -3.90. The highest BCUT2D eigenvalue weighted by atomic mass is 32.2. The first kappa shape index (κ1) is 12.3. The second-order valence-electron chi connectivity index (χ2n) is 3.63. The van der Waals surface area contributed by atoms with Crippen molar-refractivity contribution in [2.24, 2.45) is 0 Å². The van der Waals surface area contributed by atoms with Crippen molar-refractivity contribution < 1.29 is 18.3 Å². The lowest BCUT2D eigenvalue weighted by molar-refractivity contribution is -0.134. The van der Waals surface area contributed by atoms with Gasteiger partial charge in [-0.1, -0.05) is 6.07 Å². The minimum absolute atomic E-state index is 0.321. The molecule has 1 aromatic heterocycles. The Balaban J connectivity index is 2.41. The van der Waals surface area contributed by atoms with Crippen molar-refractivity contribution in [3.8, 4) is 0 Å². The Morgan fingerprint density at radius 2 is 2.06 bits per heavy atom. The number of fused-ring (bicyclic) bond motifs is 1. The highest BCUT2D eigenvalue weighted by Crippen LogP contribution is 2.22. The summed E-state index contributed by atoms with van der Waals surface area (Å²) >= 11 is 0. The van der Waals surface area contributed by atoms with Gasteiger partial charge in [0.15, 0.2) is 5.75 Å². The summed E-state index contributed by atoms with van der Waals surface area (Å²) in [5.74, 6) is -2.37. The lowest BCUT2D eigenvalue weighted by Gasteiger charge is -2.08. The van der Waals surface area contributed by atoms with Crippen LogP contribution in [0, 0.1) is 0 Å². The fourth-order valence-electron chi connectivity index (χ4n) is 1.56. The van der Waals surface area contributed by atoms with Gasteiger partial charge in [0.25, 0.3) is 0 Å². The third-order valence-corrected chi connectivity index (χ3v) is 3.38. The average molecular weight is 266 g/mol. The van der Waals surface area contributed by atoms with Crippen LogP contribution >= 0.6 is 0 Å². The number of hydrogen-bond donors (Lipinski definition) is 2. The van der Waals surface area contributed by atoms with Crippen LogP contribution in [0.5, 0.6) is 0 Å². The smallest absolute Gasteiger partial charge is 0.320 e. The Kier molecular flexibility index (Phi) is 3.15. The maximum Gasteiger partial charge on any atom is 0.320 e. The molecule has 0 bridgehead atoms. The van der Waals surface area contributed by atoms with Gasteiger partial charge in [0.1, 0.15) is 0 Å². The van der Waals surface area contributed by atoms with E-state index in [-0.39, 0.29) is 0 Å². The van der Waals surface area contributed by atoms with Crippen molar-refractivity contribution in [1.82, 2.24) is 4.98 Å². The number of hydrogen-bond acceptors (Lipinski definition) is 4. The van der Waals surface area contributed by atoms with Crippen molar-refractivity contribution in [3.05, 3.63) is 36.5 Å². The van der Waals surface area contributed by atoms with Crippen LogP contribution < -0.4 is 4.72 Å². The molecular formula is C11H10N2O4S. The summed E-state index contributed by atoms with van der Waals surface area (Å²) in [6, 6.07) is 8.33. The molecule has 0 atom stereocenters. The molecule has 2 N–H and O–H groups in total. The van der Waals surface area contributed by atoms with Gasteiger partial charge in [-0.25, -0.2) is 8.42 Å². The van der Waals surface area contributed by atoms with Gasteiger partial charge in [-0.2, -0.15) is 0 Å². The highest BCUT2D eigenvalue weighted by molar-refractivity contribution is 7.93. The molecule has 0 aliphatic carbocycles. The number of sulfonamides is 1. The second-order valence-corrected chi connectivity index (χ2v) is 5.35. The van der Waals surface area contributed by atoms with Crippen LogP contribution in [-0.4, -0.2) is 30.2 Å². The zero-order valence-electron chi connectivity index (χ0n) is 9.20. The number of carbonyl (C=O) groups is 1. The molecule has 0 saturated heterocycles. The highest BCUT2D eigenvalue weighted by Gasteiger charge is 2.16. The van der Waals surface area contributed by atoms with E-state index >= 15 is 0 Å². The summed E-state index contributed by atoms with van der Waals surface area (Å²) in [5.41, 5.74) is 0.954. The average Bonchev–Trinajstić information content (AvgIpc) is 2.27. The largest absolute Gasteiger partial charge is 0.480 e. The lowest BCUT2D eigenvalue weighted by Crippen LogP contribution is -2.22. The molecule has 7 heteroatoms. The first-order valence-electron chi connectivity index (χ1n) is 5.04. The van der Waals surface area contributed by atoms with Gasteiger partial charge < -0.3 is 5.11 Å². The maximum absolute atomic E-state index is 11.5. The second kappa shape index (κ2) is 4.61. The van der Waals surface area contributed by atoms with E-state index in [1.165, 1.54) is 0 Å². The number of benzene rings is 1. The van der Waals surface area contributed by atoms with Gasteiger partial charge in [-0.3, -0.25) is 14.5 Å². The van der Waals surface area contributed by atoms with Gasteiger partial charge in [0.2, 0.25) is 10.0 Å². The van der Waals surface area contributed by atoms with Crippen molar-refractivity contribution in [1.29, 1.82) is 0 Å². The number of rotatable bonds is 4. The SMILES string of the molecule is O=C(O)CS(=O)(=O)Nc1cccc2ncccc12. The van der Waals surface area contributed by atoms with E-state index in [1.54, 1.807) is 36.5 Å². The number of nitrogens with one attached hydrogen (secondary N) is 1. The first-order chi connectivity index (χ1) is 8.48. The fourth-order valence-corrected chi connectivity index (χ4v) is 2.47. The van der Waals surface area contributed by atoms with Crippen LogP contribution in [0.25, 0.3) is 10.9 Å². The molecule has 94 valence electrons. The molecule has 0 radical (unpaired) electrons. The molecule has 0 unspecified atom stereocenters. The Morgan fingerprint density at radius 1 is 1.28 bits per heavy atom. The summed E-state index contributed by atoms with van der Waals surface area (Å²) in [4.78, 5) is 14.5. The summed E-state index contributed by atoms with van der Waals surface area (Å²) in [6.45, 7) is 0. The van der Waals surface area contributed by atoms with Crippen molar-refractivity contribution in [3.63, 3.8) is 0 Å². The maximum atomic E-state index is 11.5. The number of pyridine rings is 1. The third kappa shape index (κ3) is 2.75. The predicted molar refractivity (Wildman–Crippen MR) is 66.8 cm³/mol. The van der Waals surface area contributed by atoms with Crippen molar-refractivity contribution >= 4 is 32.6 Å². The summed E-state index contributed by atoms with van der Waals surface area (Å²) in [5, 5.41) is 9.13. The van der Waals surface area contributed by atoms with Crippen LogP contribution in [0.2, 0.25) is 0 Å². The van der Waals surface area contributed by atoms with Crippen molar-refractivity contribution in [2.75, 3.05) is 10.5 Å². The molecule has 0 spiro atoms. The molecule has 1 aromatic carbocycles. The molecule has 2 aromatic rings. The quantitative estimate of drug-likeness (QED) is 0.862. The number of nitrogens with zero attached hydrogens (tertiary/aromatic N) is 1. The minimum atomic E-state index is -3.90. The number of aromatic nitrogens is 1. The molecule has 6 nitrogen and oxygen atoms in total. The Hall–Kier alpha value is -2.15. The molecule has 2 rings (SSSR count). The van der Waals surface area contributed by atoms with Crippen LogP contribution in [0.3, 0.4) is 0 Å². The zero-order chi connectivity index (χ0) is 13.2. The number of aliphatic carboxylic acids is 1. The van der Waals surface area contributed by atoms with Gasteiger partial charge in [-0.15, -0.1) is 0 Å².